The number of rotatable bonds is 5. The molecule has 2 rings (SSSR count). The molecule has 22 heavy (non-hydrogen) atoms. The van der Waals surface area contributed by atoms with Gasteiger partial charge in [0.1, 0.15) is 0 Å². The van der Waals surface area contributed by atoms with Crippen LogP contribution in [0.5, 0.6) is 0 Å². The fourth-order valence-corrected chi connectivity index (χ4v) is 2.28. The average molecular weight is 415 g/mol. The number of guanidine groups is 1. The predicted octanol–water partition coefficient (Wildman–Crippen LogP) is 3.89. The van der Waals surface area contributed by atoms with Crippen molar-refractivity contribution in [3.8, 4) is 0 Å². The van der Waals surface area contributed by atoms with Gasteiger partial charge in [0, 0.05) is 12.2 Å². The summed E-state index contributed by atoms with van der Waals surface area (Å²) in [4.78, 5) is 4.39. The van der Waals surface area contributed by atoms with Gasteiger partial charge in [0.05, 0.1) is 13.2 Å². The molecule has 0 amide bonds. The van der Waals surface area contributed by atoms with Gasteiger partial charge in [-0.05, 0) is 36.5 Å². The zero-order valence-electron chi connectivity index (χ0n) is 13.3. The number of nitrogens with one attached hydrogen (secondary N) is 1. The molecule has 1 aromatic carbocycles. The van der Waals surface area contributed by atoms with Crippen molar-refractivity contribution in [1.82, 2.24) is 0 Å². The first-order chi connectivity index (χ1) is 10.1. The molecule has 0 aliphatic carbocycles. The molecule has 0 atom stereocenters. The van der Waals surface area contributed by atoms with Crippen molar-refractivity contribution in [2.75, 3.05) is 25.1 Å². The third kappa shape index (κ3) is 6.36. The molecule has 1 aliphatic heterocycles. The lowest BCUT2D eigenvalue weighted by atomic mass is 10.0. The van der Waals surface area contributed by atoms with Crippen molar-refractivity contribution in [2.45, 2.75) is 32.6 Å². The van der Waals surface area contributed by atoms with Crippen molar-refractivity contribution >= 4 is 35.6 Å². The van der Waals surface area contributed by atoms with Gasteiger partial charge in [-0.3, -0.25) is 4.99 Å². The van der Waals surface area contributed by atoms with Gasteiger partial charge in [-0.25, -0.2) is 0 Å². The van der Waals surface area contributed by atoms with Crippen LogP contribution in [-0.4, -0.2) is 25.7 Å². The highest BCUT2D eigenvalue weighted by Gasteiger charge is 2.03. The van der Waals surface area contributed by atoms with Crippen LogP contribution < -0.4 is 11.1 Å². The first-order valence-corrected chi connectivity index (χ1v) is 7.57. The van der Waals surface area contributed by atoms with Gasteiger partial charge >= 0.3 is 0 Å². The smallest absolute Gasteiger partial charge is 0.193 e. The highest BCUT2D eigenvalue weighted by molar-refractivity contribution is 14.0. The summed E-state index contributed by atoms with van der Waals surface area (Å²) in [5, 5.41) is 3.16. The molecular weight excluding hydrogens is 389 g/mol. The molecule has 0 aromatic heterocycles. The van der Waals surface area contributed by atoms with Crippen LogP contribution in [0.15, 0.2) is 40.9 Å². The van der Waals surface area contributed by atoms with Crippen LogP contribution >= 0.6 is 24.0 Å². The van der Waals surface area contributed by atoms with E-state index in [1.807, 2.05) is 12.1 Å². The molecule has 0 fully saturated rings. The monoisotopic (exact) mass is 415 g/mol. The first kappa shape index (κ1) is 19.0. The number of ether oxygens (including phenoxy) is 1. The summed E-state index contributed by atoms with van der Waals surface area (Å²) in [5.74, 6) is 0.980. The minimum Gasteiger partial charge on any atom is -0.377 e. The molecular formula is C17H26IN3O. The molecule has 0 saturated heterocycles. The van der Waals surface area contributed by atoms with E-state index in [1.54, 1.807) is 0 Å². The van der Waals surface area contributed by atoms with E-state index in [1.165, 1.54) is 11.1 Å². The summed E-state index contributed by atoms with van der Waals surface area (Å²) in [6.07, 6.45) is 4.12. The maximum atomic E-state index is 5.94. The number of nitrogens with zero attached hydrogens (tertiary/aromatic N) is 1. The number of hydrogen-bond acceptors (Lipinski definition) is 2. The van der Waals surface area contributed by atoms with Crippen LogP contribution in [-0.2, 0) is 4.74 Å². The van der Waals surface area contributed by atoms with Crippen LogP contribution in [0.25, 0.3) is 0 Å². The Morgan fingerprint density at radius 3 is 2.91 bits per heavy atom. The minimum absolute atomic E-state index is 0. The third-order valence-corrected chi connectivity index (χ3v) is 3.60. The predicted molar refractivity (Wildman–Crippen MR) is 104 cm³/mol. The second-order valence-electron chi connectivity index (χ2n) is 5.61. The molecule has 122 valence electrons. The number of anilines is 1. The van der Waals surface area contributed by atoms with E-state index in [0.717, 1.165) is 31.7 Å². The van der Waals surface area contributed by atoms with Crippen LogP contribution in [0, 0.1) is 0 Å². The molecule has 1 aliphatic rings. The maximum absolute atomic E-state index is 5.94. The van der Waals surface area contributed by atoms with Gasteiger partial charge < -0.3 is 15.8 Å². The van der Waals surface area contributed by atoms with Gasteiger partial charge in [0.2, 0.25) is 0 Å². The zero-order chi connectivity index (χ0) is 15.1. The second-order valence-corrected chi connectivity index (χ2v) is 5.61. The average Bonchev–Trinajstić information content (AvgIpc) is 2.48. The van der Waals surface area contributed by atoms with Gasteiger partial charge in [-0.2, -0.15) is 0 Å². The van der Waals surface area contributed by atoms with Gasteiger partial charge in [0.25, 0.3) is 0 Å². The van der Waals surface area contributed by atoms with Crippen LogP contribution in [0.3, 0.4) is 0 Å². The maximum Gasteiger partial charge on any atom is 0.193 e. The minimum atomic E-state index is 0. The Hall–Kier alpha value is -1.08. The molecule has 5 heteroatoms. The number of hydrogen-bond donors (Lipinski definition) is 2. The fraction of sp³-hybridized carbons (Fsp3) is 0.471. The Morgan fingerprint density at radius 2 is 2.23 bits per heavy atom. The molecule has 0 unspecified atom stereocenters. The summed E-state index contributed by atoms with van der Waals surface area (Å²) < 4.78 is 5.29. The topological polar surface area (TPSA) is 59.6 Å². The summed E-state index contributed by atoms with van der Waals surface area (Å²) in [6, 6.07) is 8.29. The van der Waals surface area contributed by atoms with Crippen LogP contribution in [0.2, 0.25) is 0 Å². The number of nitrogens with two attached hydrogens (primary N) is 1. The quantitative estimate of drug-likeness (QED) is 0.332. The lowest BCUT2D eigenvalue weighted by molar-refractivity contribution is 0.153. The zero-order valence-corrected chi connectivity index (χ0v) is 15.7. The Labute approximate surface area is 150 Å². The van der Waals surface area contributed by atoms with Crippen molar-refractivity contribution < 1.29 is 4.74 Å². The summed E-state index contributed by atoms with van der Waals surface area (Å²) in [5.41, 5.74) is 9.64. The van der Waals surface area contributed by atoms with Crippen molar-refractivity contribution in [1.29, 1.82) is 0 Å². The SMILES string of the molecule is CC(C)c1cccc(NC(N)=NCCC2=CCOCC2)c1.I. The summed E-state index contributed by atoms with van der Waals surface area (Å²) >= 11 is 0. The summed E-state index contributed by atoms with van der Waals surface area (Å²) in [7, 11) is 0. The largest absolute Gasteiger partial charge is 0.377 e. The first-order valence-electron chi connectivity index (χ1n) is 7.57. The fourth-order valence-electron chi connectivity index (χ4n) is 2.28. The molecule has 4 nitrogen and oxygen atoms in total. The number of benzene rings is 1. The van der Waals surface area contributed by atoms with E-state index in [0.29, 0.717) is 18.4 Å². The van der Waals surface area contributed by atoms with Crippen LogP contribution in [0.1, 0.15) is 38.2 Å². The van der Waals surface area contributed by atoms with Crippen LogP contribution in [0.4, 0.5) is 5.69 Å². The Kier molecular flexibility index (Phi) is 8.48. The molecule has 0 bridgehead atoms. The van der Waals surface area contributed by atoms with E-state index in [-0.39, 0.29) is 24.0 Å². The lowest BCUT2D eigenvalue weighted by Crippen LogP contribution is -2.23. The molecule has 3 N–H and O–H groups in total. The van der Waals surface area contributed by atoms with Crippen molar-refractivity contribution in [3.05, 3.63) is 41.5 Å². The molecule has 1 heterocycles. The summed E-state index contributed by atoms with van der Waals surface area (Å²) in [6.45, 7) is 6.63. The highest BCUT2D eigenvalue weighted by Crippen LogP contribution is 2.18. The molecule has 0 spiro atoms. The highest BCUT2D eigenvalue weighted by atomic mass is 127. The molecule has 0 saturated carbocycles. The van der Waals surface area contributed by atoms with Crippen molar-refractivity contribution in [2.24, 2.45) is 10.7 Å². The number of halogens is 1. The van der Waals surface area contributed by atoms with Gasteiger partial charge in [0.15, 0.2) is 5.96 Å². The number of aliphatic imine (C=N–C) groups is 1. The van der Waals surface area contributed by atoms with E-state index in [4.69, 9.17) is 10.5 Å². The Balaban J connectivity index is 0.00000242. The lowest BCUT2D eigenvalue weighted by Gasteiger charge is -2.12. The Bertz CT molecular complexity index is 526. The molecule has 0 radical (unpaired) electrons. The van der Waals surface area contributed by atoms with E-state index in [9.17, 15) is 0 Å². The third-order valence-electron chi connectivity index (χ3n) is 3.60. The van der Waals surface area contributed by atoms with E-state index in [2.05, 4.69) is 42.4 Å². The van der Waals surface area contributed by atoms with Crippen molar-refractivity contribution in [3.63, 3.8) is 0 Å². The normalized spacial score (nSPS) is 15.2. The van der Waals surface area contributed by atoms with E-state index < -0.39 is 0 Å². The van der Waals surface area contributed by atoms with E-state index >= 15 is 0 Å². The molecule has 1 aromatic rings. The standard InChI is InChI=1S/C17H25N3O.HI/c1-13(2)15-4-3-5-16(12-15)20-17(18)19-9-6-14-7-10-21-11-8-14;/h3-5,7,12-13H,6,8-11H2,1-2H3,(H3,18,19,20);1H. The Morgan fingerprint density at radius 1 is 1.41 bits per heavy atom. The second kappa shape index (κ2) is 9.84. The van der Waals surface area contributed by atoms with Gasteiger partial charge in [-0.1, -0.05) is 37.6 Å². The van der Waals surface area contributed by atoms with Gasteiger partial charge in [-0.15, -0.1) is 24.0 Å².